The van der Waals surface area contributed by atoms with Crippen LogP contribution >= 0.6 is 35.0 Å². The number of halogens is 2. The van der Waals surface area contributed by atoms with Gasteiger partial charge in [-0.2, -0.15) is 0 Å². The first kappa shape index (κ1) is 16.0. The van der Waals surface area contributed by atoms with Crippen molar-refractivity contribution in [3.8, 4) is 5.75 Å². The van der Waals surface area contributed by atoms with Crippen molar-refractivity contribution >= 4 is 46.6 Å². The van der Waals surface area contributed by atoms with Crippen LogP contribution in [-0.2, 0) is 4.79 Å². The molecule has 2 aromatic rings. The number of hydrogen-bond acceptors (Lipinski definition) is 3. The van der Waals surface area contributed by atoms with Crippen molar-refractivity contribution in [2.24, 2.45) is 0 Å². The molecule has 1 N–H and O–H groups in total. The zero-order valence-corrected chi connectivity index (χ0v) is 13.6. The van der Waals surface area contributed by atoms with Gasteiger partial charge in [0.15, 0.2) is 6.61 Å². The van der Waals surface area contributed by atoms with E-state index in [0.717, 1.165) is 10.6 Å². The molecule has 0 heterocycles. The molecule has 0 aliphatic rings. The van der Waals surface area contributed by atoms with E-state index in [2.05, 4.69) is 5.32 Å². The number of carbonyl (C=O) groups is 1. The monoisotopic (exact) mass is 341 g/mol. The Kier molecular flexibility index (Phi) is 5.79. The average Bonchev–Trinajstić information content (AvgIpc) is 2.46. The van der Waals surface area contributed by atoms with Gasteiger partial charge in [-0.05, 0) is 42.7 Å². The van der Waals surface area contributed by atoms with Gasteiger partial charge in [0.25, 0.3) is 5.91 Å². The zero-order chi connectivity index (χ0) is 15.2. The van der Waals surface area contributed by atoms with E-state index < -0.39 is 0 Å². The highest BCUT2D eigenvalue weighted by atomic mass is 35.5. The molecule has 2 rings (SSSR count). The molecule has 0 saturated carbocycles. The minimum absolute atomic E-state index is 0.120. The topological polar surface area (TPSA) is 38.3 Å². The molecule has 3 nitrogen and oxygen atoms in total. The second-order valence-electron chi connectivity index (χ2n) is 4.14. The summed E-state index contributed by atoms with van der Waals surface area (Å²) in [6.07, 6.45) is 1.98. The van der Waals surface area contributed by atoms with Gasteiger partial charge in [-0.3, -0.25) is 4.79 Å². The van der Waals surface area contributed by atoms with E-state index in [4.69, 9.17) is 27.9 Å². The van der Waals surface area contributed by atoms with Crippen LogP contribution in [0.3, 0.4) is 0 Å². The van der Waals surface area contributed by atoms with E-state index >= 15 is 0 Å². The highest BCUT2D eigenvalue weighted by Gasteiger charge is 2.07. The molecule has 0 spiro atoms. The van der Waals surface area contributed by atoms with Crippen LogP contribution in [0.15, 0.2) is 47.4 Å². The molecule has 6 heteroatoms. The molecule has 0 radical (unpaired) electrons. The molecule has 2 aromatic carbocycles. The fourth-order valence-corrected chi connectivity index (χ4v) is 2.56. The van der Waals surface area contributed by atoms with Crippen molar-refractivity contribution < 1.29 is 9.53 Å². The standard InChI is InChI=1S/C15H13Cl2NO2S/c1-21-12-4-2-3-11(8-12)18-15(19)9-20-14-6-5-10(16)7-13(14)17/h2-8H,9H2,1H3,(H,18,19). The first-order chi connectivity index (χ1) is 10.1. The number of ether oxygens (including phenoxy) is 1. The Morgan fingerprint density at radius 1 is 1.24 bits per heavy atom. The Bertz CT molecular complexity index is 649. The maximum absolute atomic E-state index is 11.9. The summed E-state index contributed by atoms with van der Waals surface area (Å²) in [5.74, 6) is 0.174. The number of anilines is 1. The minimum Gasteiger partial charge on any atom is -0.482 e. The number of thioether (sulfide) groups is 1. The Hall–Kier alpha value is -1.36. The molecule has 1 amide bonds. The van der Waals surface area contributed by atoms with E-state index in [0.29, 0.717) is 15.8 Å². The summed E-state index contributed by atoms with van der Waals surface area (Å²) in [4.78, 5) is 12.9. The Labute approximate surface area is 137 Å². The molecule has 0 fully saturated rings. The predicted molar refractivity (Wildman–Crippen MR) is 88.8 cm³/mol. The van der Waals surface area contributed by atoms with Gasteiger partial charge in [0.05, 0.1) is 5.02 Å². The predicted octanol–water partition coefficient (Wildman–Crippen LogP) is 4.73. The van der Waals surface area contributed by atoms with Gasteiger partial charge in [-0.1, -0.05) is 29.3 Å². The lowest BCUT2D eigenvalue weighted by atomic mass is 10.3. The summed E-state index contributed by atoms with van der Waals surface area (Å²) in [5.41, 5.74) is 0.734. The van der Waals surface area contributed by atoms with E-state index in [1.54, 1.807) is 30.0 Å². The van der Waals surface area contributed by atoms with Gasteiger partial charge >= 0.3 is 0 Å². The minimum atomic E-state index is -0.251. The largest absolute Gasteiger partial charge is 0.482 e. The van der Waals surface area contributed by atoms with Gasteiger partial charge in [0.1, 0.15) is 5.75 Å². The number of rotatable bonds is 5. The highest BCUT2D eigenvalue weighted by molar-refractivity contribution is 7.98. The smallest absolute Gasteiger partial charge is 0.262 e. The number of benzene rings is 2. The second kappa shape index (κ2) is 7.59. The van der Waals surface area contributed by atoms with Crippen LogP contribution in [0.1, 0.15) is 0 Å². The molecule has 110 valence electrons. The Morgan fingerprint density at radius 2 is 2.05 bits per heavy atom. The van der Waals surface area contributed by atoms with E-state index in [1.165, 1.54) is 0 Å². The van der Waals surface area contributed by atoms with Crippen molar-refractivity contribution in [1.29, 1.82) is 0 Å². The molecule has 0 unspecified atom stereocenters. The quantitative estimate of drug-likeness (QED) is 0.798. The summed E-state index contributed by atoms with van der Waals surface area (Å²) in [6.45, 7) is -0.120. The summed E-state index contributed by atoms with van der Waals surface area (Å²) >= 11 is 13.4. The van der Waals surface area contributed by atoms with Crippen LogP contribution in [0.5, 0.6) is 5.75 Å². The normalized spacial score (nSPS) is 10.2. The van der Waals surface area contributed by atoms with Crippen molar-refractivity contribution in [3.63, 3.8) is 0 Å². The maximum atomic E-state index is 11.9. The molecular formula is C15H13Cl2NO2S. The molecule has 0 saturated heterocycles. The molecule has 0 aromatic heterocycles. The number of carbonyl (C=O) groups excluding carboxylic acids is 1. The Balaban J connectivity index is 1.92. The number of hydrogen-bond donors (Lipinski definition) is 1. The second-order valence-corrected chi connectivity index (χ2v) is 5.87. The van der Waals surface area contributed by atoms with Crippen LogP contribution in [0, 0.1) is 0 Å². The summed E-state index contributed by atoms with van der Waals surface area (Å²) in [7, 11) is 0. The highest BCUT2D eigenvalue weighted by Crippen LogP contribution is 2.27. The fraction of sp³-hybridized carbons (Fsp3) is 0.133. The summed E-state index contributed by atoms with van der Waals surface area (Å²) in [6, 6.07) is 12.4. The third-order valence-corrected chi connectivity index (χ3v) is 3.86. The van der Waals surface area contributed by atoms with Crippen LogP contribution in [0.2, 0.25) is 10.0 Å². The van der Waals surface area contributed by atoms with Crippen LogP contribution < -0.4 is 10.1 Å². The first-order valence-electron chi connectivity index (χ1n) is 6.10. The van der Waals surface area contributed by atoms with Gasteiger partial charge in [0.2, 0.25) is 0 Å². The van der Waals surface area contributed by atoms with Gasteiger partial charge in [0, 0.05) is 15.6 Å². The van der Waals surface area contributed by atoms with E-state index in [-0.39, 0.29) is 12.5 Å². The maximum Gasteiger partial charge on any atom is 0.262 e. The lowest BCUT2D eigenvalue weighted by molar-refractivity contribution is -0.118. The third-order valence-electron chi connectivity index (χ3n) is 2.61. The SMILES string of the molecule is CSc1cccc(NC(=O)COc2ccc(Cl)cc2Cl)c1. The average molecular weight is 342 g/mol. The van der Waals surface area contributed by atoms with Crippen molar-refractivity contribution in [2.45, 2.75) is 4.90 Å². The number of amides is 1. The van der Waals surface area contributed by atoms with Crippen LogP contribution in [0.25, 0.3) is 0 Å². The zero-order valence-electron chi connectivity index (χ0n) is 11.2. The van der Waals surface area contributed by atoms with Crippen molar-refractivity contribution in [2.75, 3.05) is 18.2 Å². The Morgan fingerprint density at radius 3 is 2.76 bits per heavy atom. The van der Waals surface area contributed by atoms with E-state index in [1.807, 2.05) is 30.5 Å². The third kappa shape index (κ3) is 4.84. The van der Waals surface area contributed by atoms with Gasteiger partial charge in [-0.25, -0.2) is 0 Å². The molecule has 0 aliphatic carbocycles. The summed E-state index contributed by atoms with van der Waals surface area (Å²) in [5, 5.41) is 3.67. The van der Waals surface area contributed by atoms with Gasteiger partial charge < -0.3 is 10.1 Å². The number of nitrogens with one attached hydrogen (secondary N) is 1. The molecule has 0 atom stereocenters. The van der Waals surface area contributed by atoms with Crippen LogP contribution in [-0.4, -0.2) is 18.8 Å². The molecule has 21 heavy (non-hydrogen) atoms. The molecule has 0 bridgehead atoms. The molecule has 0 aliphatic heterocycles. The first-order valence-corrected chi connectivity index (χ1v) is 8.08. The lowest BCUT2D eigenvalue weighted by Gasteiger charge is -2.09. The summed E-state index contributed by atoms with van der Waals surface area (Å²) < 4.78 is 5.37. The lowest BCUT2D eigenvalue weighted by Crippen LogP contribution is -2.20. The molecular weight excluding hydrogens is 329 g/mol. The fourth-order valence-electron chi connectivity index (χ4n) is 1.63. The van der Waals surface area contributed by atoms with Crippen molar-refractivity contribution in [1.82, 2.24) is 0 Å². The van der Waals surface area contributed by atoms with Crippen LogP contribution in [0.4, 0.5) is 5.69 Å². The van der Waals surface area contributed by atoms with Gasteiger partial charge in [-0.15, -0.1) is 11.8 Å². The van der Waals surface area contributed by atoms with Crippen molar-refractivity contribution in [3.05, 3.63) is 52.5 Å². The van der Waals surface area contributed by atoms with E-state index in [9.17, 15) is 4.79 Å².